The maximum Gasteiger partial charge on any atom is 0.183 e. The summed E-state index contributed by atoms with van der Waals surface area (Å²) < 4.78 is 10.7. The van der Waals surface area contributed by atoms with E-state index in [9.17, 15) is 0 Å². The summed E-state index contributed by atoms with van der Waals surface area (Å²) in [4.78, 5) is 6.71. The van der Waals surface area contributed by atoms with Gasteiger partial charge in [-0.1, -0.05) is 6.42 Å². The minimum absolute atomic E-state index is 0.588. The summed E-state index contributed by atoms with van der Waals surface area (Å²) in [6.07, 6.45) is 5.65. The van der Waals surface area contributed by atoms with Gasteiger partial charge in [0.25, 0.3) is 0 Å². The summed E-state index contributed by atoms with van der Waals surface area (Å²) in [6, 6.07) is 2.41. The van der Waals surface area contributed by atoms with Gasteiger partial charge in [0.05, 0.1) is 14.2 Å². The molecule has 1 aliphatic heterocycles. The van der Waals surface area contributed by atoms with E-state index >= 15 is 0 Å². The van der Waals surface area contributed by atoms with Crippen molar-refractivity contribution in [2.24, 2.45) is 0 Å². The van der Waals surface area contributed by atoms with E-state index in [2.05, 4.69) is 22.2 Å². The molecule has 5 nitrogen and oxygen atoms in total. The zero-order valence-electron chi connectivity index (χ0n) is 12.7. The zero-order chi connectivity index (χ0) is 14.4. The summed E-state index contributed by atoms with van der Waals surface area (Å²) in [6.45, 7) is 2.93. The van der Waals surface area contributed by atoms with E-state index < -0.39 is 0 Å². The second-order valence-electron chi connectivity index (χ2n) is 5.34. The fourth-order valence-electron chi connectivity index (χ4n) is 2.74. The molecule has 0 radical (unpaired) electrons. The highest BCUT2D eigenvalue weighted by Gasteiger charge is 2.17. The monoisotopic (exact) mass is 279 g/mol. The van der Waals surface area contributed by atoms with Crippen LogP contribution in [0.15, 0.2) is 12.3 Å². The third kappa shape index (κ3) is 3.84. The molecule has 1 aromatic heterocycles. The Bertz CT molecular complexity index is 420. The topological polar surface area (TPSA) is 46.6 Å². The molecule has 2 rings (SSSR count). The number of methoxy groups -OCH3 is 2. The highest BCUT2D eigenvalue weighted by Crippen LogP contribution is 2.29. The van der Waals surface area contributed by atoms with Crippen molar-refractivity contribution in [3.63, 3.8) is 0 Å². The minimum Gasteiger partial charge on any atom is -0.493 e. The van der Waals surface area contributed by atoms with E-state index in [1.165, 1.54) is 19.3 Å². The van der Waals surface area contributed by atoms with Crippen LogP contribution >= 0.6 is 0 Å². The van der Waals surface area contributed by atoms with Crippen molar-refractivity contribution in [1.29, 1.82) is 0 Å². The van der Waals surface area contributed by atoms with Crippen molar-refractivity contribution < 1.29 is 9.47 Å². The van der Waals surface area contributed by atoms with Crippen molar-refractivity contribution in [1.82, 2.24) is 15.2 Å². The first-order valence-electron chi connectivity index (χ1n) is 7.22. The molecule has 112 valence electrons. The molecule has 1 saturated heterocycles. The SMILES string of the molecule is COc1ccnc(CN(C)CC2CCCCN2)c1OC. The van der Waals surface area contributed by atoms with Crippen LogP contribution in [0, 0.1) is 0 Å². The number of pyridine rings is 1. The Balaban J connectivity index is 1.97. The first-order chi connectivity index (χ1) is 9.74. The van der Waals surface area contributed by atoms with Gasteiger partial charge in [0.15, 0.2) is 11.5 Å². The molecule has 0 aromatic carbocycles. The van der Waals surface area contributed by atoms with E-state index in [1.807, 2.05) is 6.07 Å². The Hall–Kier alpha value is -1.33. The van der Waals surface area contributed by atoms with Gasteiger partial charge in [-0.25, -0.2) is 0 Å². The number of aromatic nitrogens is 1. The van der Waals surface area contributed by atoms with Crippen LogP contribution in [0.1, 0.15) is 25.0 Å². The van der Waals surface area contributed by atoms with Crippen molar-refractivity contribution in [2.45, 2.75) is 31.8 Å². The van der Waals surface area contributed by atoms with Crippen molar-refractivity contribution in [2.75, 3.05) is 34.4 Å². The van der Waals surface area contributed by atoms with E-state index in [0.717, 1.165) is 36.8 Å². The molecule has 0 bridgehead atoms. The minimum atomic E-state index is 0.588. The Kier molecular flexibility index (Phi) is 5.61. The largest absolute Gasteiger partial charge is 0.493 e. The highest BCUT2D eigenvalue weighted by atomic mass is 16.5. The first kappa shape index (κ1) is 15.1. The van der Waals surface area contributed by atoms with Gasteiger partial charge >= 0.3 is 0 Å². The average Bonchev–Trinajstić information content (AvgIpc) is 2.47. The first-order valence-corrected chi connectivity index (χ1v) is 7.22. The summed E-state index contributed by atoms with van der Waals surface area (Å²) in [5, 5.41) is 3.57. The van der Waals surface area contributed by atoms with Crippen LogP contribution in [0.5, 0.6) is 11.5 Å². The number of ether oxygens (including phenoxy) is 2. The second-order valence-corrected chi connectivity index (χ2v) is 5.34. The number of nitrogens with one attached hydrogen (secondary N) is 1. The van der Waals surface area contributed by atoms with E-state index in [1.54, 1.807) is 20.4 Å². The number of nitrogens with zero attached hydrogens (tertiary/aromatic N) is 2. The highest BCUT2D eigenvalue weighted by molar-refractivity contribution is 5.42. The van der Waals surface area contributed by atoms with E-state index in [-0.39, 0.29) is 0 Å². The smallest absolute Gasteiger partial charge is 0.183 e. The molecule has 1 aromatic rings. The van der Waals surface area contributed by atoms with Crippen LogP contribution < -0.4 is 14.8 Å². The Morgan fingerprint density at radius 3 is 2.85 bits per heavy atom. The lowest BCUT2D eigenvalue weighted by Gasteiger charge is -2.28. The molecular weight excluding hydrogens is 254 g/mol. The quantitative estimate of drug-likeness (QED) is 0.858. The summed E-state index contributed by atoms with van der Waals surface area (Å²) >= 11 is 0. The van der Waals surface area contributed by atoms with Gasteiger partial charge in [-0.05, 0) is 26.4 Å². The summed E-state index contributed by atoms with van der Waals surface area (Å²) in [5.74, 6) is 1.47. The van der Waals surface area contributed by atoms with E-state index in [0.29, 0.717) is 6.04 Å². The number of hydrogen-bond acceptors (Lipinski definition) is 5. The number of hydrogen-bond donors (Lipinski definition) is 1. The Labute approximate surface area is 121 Å². The van der Waals surface area contributed by atoms with Crippen LogP contribution in [-0.2, 0) is 6.54 Å². The van der Waals surface area contributed by atoms with Crippen molar-refractivity contribution in [3.05, 3.63) is 18.0 Å². The lowest BCUT2D eigenvalue weighted by Crippen LogP contribution is -2.42. The van der Waals surface area contributed by atoms with Gasteiger partial charge in [-0.3, -0.25) is 9.88 Å². The zero-order valence-corrected chi connectivity index (χ0v) is 12.7. The number of likely N-dealkylation sites (N-methyl/N-ethyl adjacent to an activating group) is 1. The molecule has 2 heterocycles. The molecule has 1 N–H and O–H groups in total. The van der Waals surface area contributed by atoms with Gasteiger partial charge in [0, 0.05) is 31.4 Å². The van der Waals surface area contributed by atoms with Crippen LogP contribution in [0.2, 0.25) is 0 Å². The Morgan fingerprint density at radius 2 is 2.20 bits per heavy atom. The summed E-state index contributed by atoms with van der Waals surface area (Å²) in [7, 11) is 5.43. The van der Waals surface area contributed by atoms with Crippen LogP contribution in [0.3, 0.4) is 0 Å². The van der Waals surface area contributed by atoms with Crippen LogP contribution in [0.25, 0.3) is 0 Å². The maximum absolute atomic E-state index is 5.43. The average molecular weight is 279 g/mol. The molecule has 1 unspecified atom stereocenters. The molecule has 0 amide bonds. The standard InChI is InChI=1S/C15H25N3O2/c1-18(10-12-6-4-5-8-16-12)11-13-15(20-3)14(19-2)7-9-17-13/h7,9,12,16H,4-6,8,10-11H2,1-3H3. The lowest BCUT2D eigenvalue weighted by molar-refractivity contribution is 0.249. The Morgan fingerprint density at radius 1 is 1.35 bits per heavy atom. The molecule has 20 heavy (non-hydrogen) atoms. The molecule has 5 heteroatoms. The third-order valence-electron chi connectivity index (χ3n) is 3.73. The number of rotatable bonds is 6. The van der Waals surface area contributed by atoms with Crippen LogP contribution in [0.4, 0.5) is 0 Å². The van der Waals surface area contributed by atoms with E-state index in [4.69, 9.17) is 9.47 Å². The van der Waals surface area contributed by atoms with Crippen LogP contribution in [-0.4, -0.2) is 50.3 Å². The molecule has 0 saturated carbocycles. The summed E-state index contributed by atoms with van der Waals surface area (Å²) in [5.41, 5.74) is 0.921. The normalized spacial score (nSPS) is 19.1. The fourth-order valence-corrected chi connectivity index (χ4v) is 2.74. The molecule has 1 atom stereocenters. The maximum atomic E-state index is 5.43. The molecule has 1 fully saturated rings. The molecule has 1 aliphatic rings. The fraction of sp³-hybridized carbons (Fsp3) is 0.667. The van der Waals surface area contributed by atoms with Crippen molar-refractivity contribution in [3.8, 4) is 11.5 Å². The van der Waals surface area contributed by atoms with Gasteiger partial charge < -0.3 is 14.8 Å². The number of piperidine rings is 1. The predicted molar refractivity (Wildman–Crippen MR) is 79.3 cm³/mol. The molecular formula is C15H25N3O2. The third-order valence-corrected chi connectivity index (χ3v) is 3.73. The molecule has 0 aliphatic carbocycles. The molecule has 0 spiro atoms. The van der Waals surface area contributed by atoms with Gasteiger partial charge in [-0.15, -0.1) is 0 Å². The van der Waals surface area contributed by atoms with Gasteiger partial charge in [-0.2, -0.15) is 0 Å². The van der Waals surface area contributed by atoms with Gasteiger partial charge in [0.1, 0.15) is 5.69 Å². The predicted octanol–water partition coefficient (Wildman–Crippen LogP) is 1.67. The second kappa shape index (κ2) is 7.45. The van der Waals surface area contributed by atoms with Crippen molar-refractivity contribution >= 4 is 0 Å². The van der Waals surface area contributed by atoms with Gasteiger partial charge in [0.2, 0.25) is 0 Å². The lowest BCUT2D eigenvalue weighted by atomic mass is 10.0.